The predicted molar refractivity (Wildman–Crippen MR) is 238 cm³/mol. The number of allylic oxidation sites excluding steroid dienone is 2. The molecule has 2 unspecified atom stereocenters. The lowest BCUT2D eigenvalue weighted by molar-refractivity contribution is -0.140. The normalized spacial score (nSPS) is 17.6. The van der Waals surface area contributed by atoms with Crippen LogP contribution in [0.5, 0.6) is 5.75 Å². The molecule has 0 radical (unpaired) electrons. The van der Waals surface area contributed by atoms with Crippen LogP contribution in [0.1, 0.15) is 113 Å². The van der Waals surface area contributed by atoms with E-state index in [4.69, 9.17) is 18.9 Å². The zero-order valence-corrected chi connectivity index (χ0v) is 36.7. The molecule has 12 nitrogen and oxygen atoms in total. The van der Waals surface area contributed by atoms with Crippen molar-refractivity contribution in [3.63, 3.8) is 0 Å². The summed E-state index contributed by atoms with van der Waals surface area (Å²) in [7, 11) is 3.51. The van der Waals surface area contributed by atoms with Gasteiger partial charge in [-0.3, -0.25) is 9.59 Å². The quantitative estimate of drug-likeness (QED) is 0.0537. The van der Waals surface area contributed by atoms with Gasteiger partial charge in [-0.1, -0.05) is 57.0 Å². The Morgan fingerprint density at radius 2 is 1.55 bits per heavy atom. The molecule has 1 aromatic heterocycles. The number of esters is 1. The minimum Gasteiger partial charge on any atom is -0.494 e. The third-order valence-corrected chi connectivity index (χ3v) is 10.9. The van der Waals surface area contributed by atoms with Crippen LogP contribution < -0.4 is 15.4 Å². The molecule has 2 N–H and O–H groups in total. The van der Waals surface area contributed by atoms with E-state index in [1.165, 1.54) is 7.11 Å². The summed E-state index contributed by atoms with van der Waals surface area (Å²) in [6.45, 7) is 11.5. The molecule has 328 valence electrons. The monoisotopic (exact) mass is 828 g/mol. The van der Waals surface area contributed by atoms with Crippen molar-refractivity contribution in [1.82, 2.24) is 20.2 Å². The van der Waals surface area contributed by atoms with Crippen LogP contribution in [0.2, 0.25) is 0 Å². The molecule has 2 heterocycles. The highest BCUT2D eigenvalue weighted by molar-refractivity contribution is 5.95. The van der Waals surface area contributed by atoms with Gasteiger partial charge in [0.05, 0.1) is 64.1 Å². The topological polar surface area (TPSA) is 133 Å². The van der Waals surface area contributed by atoms with Gasteiger partial charge in [-0.05, 0) is 106 Å². The van der Waals surface area contributed by atoms with E-state index in [1.807, 2.05) is 61.5 Å². The van der Waals surface area contributed by atoms with Crippen molar-refractivity contribution >= 4 is 23.3 Å². The van der Waals surface area contributed by atoms with Gasteiger partial charge in [-0.15, -0.1) is 0 Å². The number of anilines is 1. The summed E-state index contributed by atoms with van der Waals surface area (Å²) in [5, 5.41) is 6.72. The molecule has 3 aromatic rings. The molecule has 12 heteroatoms. The lowest BCUT2D eigenvalue weighted by Crippen LogP contribution is -2.27. The molecule has 0 saturated carbocycles. The van der Waals surface area contributed by atoms with Crippen LogP contribution in [0.15, 0.2) is 85.0 Å². The number of likely N-dealkylation sites (N-methyl/N-ethyl adjacent to an activating group) is 1. The predicted octanol–water partition coefficient (Wildman–Crippen LogP) is 9.02. The summed E-state index contributed by atoms with van der Waals surface area (Å²) < 4.78 is 27.4. The first kappa shape index (κ1) is 47.9. The number of hydrogen-bond acceptors (Lipinski definition) is 11. The zero-order valence-electron chi connectivity index (χ0n) is 36.7. The molecule has 60 heavy (non-hydrogen) atoms. The third-order valence-electron chi connectivity index (χ3n) is 10.9. The number of amides is 1. The maximum Gasteiger partial charge on any atom is 0.305 e. The molecule has 4 rings (SSSR count). The van der Waals surface area contributed by atoms with E-state index < -0.39 is 0 Å². The largest absolute Gasteiger partial charge is 0.494 e. The van der Waals surface area contributed by atoms with Crippen molar-refractivity contribution in [3.05, 3.63) is 102 Å². The first-order valence-corrected chi connectivity index (χ1v) is 21.9. The van der Waals surface area contributed by atoms with Crippen LogP contribution in [0.4, 0.5) is 5.69 Å². The number of nitrogens with zero attached hydrogens (tertiary/aromatic N) is 3. The van der Waals surface area contributed by atoms with Crippen LogP contribution in [0.3, 0.4) is 0 Å². The molecule has 0 saturated heterocycles. The number of aromatic nitrogens is 2. The van der Waals surface area contributed by atoms with Crippen molar-refractivity contribution in [2.75, 3.05) is 72.3 Å². The third kappa shape index (κ3) is 17.4. The molecule has 0 aliphatic carbocycles. The molecule has 1 aliphatic heterocycles. The summed E-state index contributed by atoms with van der Waals surface area (Å²) in [5.74, 6) is 1.50. The Balaban J connectivity index is 1.07. The van der Waals surface area contributed by atoms with Gasteiger partial charge in [0.25, 0.3) is 5.91 Å². The van der Waals surface area contributed by atoms with E-state index >= 15 is 0 Å². The summed E-state index contributed by atoms with van der Waals surface area (Å²) >= 11 is 0. The highest BCUT2D eigenvalue weighted by Gasteiger charge is 2.22. The second-order valence-electron chi connectivity index (χ2n) is 15.4. The number of rotatable bonds is 28. The minimum atomic E-state index is -0.173. The molecule has 2 aromatic carbocycles. The second kappa shape index (κ2) is 27.9. The minimum absolute atomic E-state index is 0.125. The van der Waals surface area contributed by atoms with Gasteiger partial charge in [0.2, 0.25) is 0 Å². The van der Waals surface area contributed by atoms with Crippen LogP contribution in [0.25, 0.3) is 5.70 Å². The molecule has 1 amide bonds. The first-order valence-electron chi connectivity index (χ1n) is 21.9. The standard InChI is InChI=1S/C48H69N5O7/c1-6-39-34-46(45-24-25-49-36-51-45)53(4)43(21-18-37(39)2)35-50-42-16-14-15-41(33-42)48(55)52-38(3)40-19-22-44(23-20-40)60-28-13-8-7-11-26-57-29-31-59-32-30-58-27-12-9-10-17-47(54)56-5/h14-16,19-25,33-34,36-39,50H,6-13,17-18,26-32,35H2,1-5H3,(H,52,55)/b43-21+,46-34-/t37?,38-,39?/m1/s1. The van der Waals surface area contributed by atoms with Gasteiger partial charge in [-0.2, -0.15) is 0 Å². The Kier molecular flexibility index (Phi) is 22.3. The van der Waals surface area contributed by atoms with Crippen LogP contribution in [0, 0.1) is 11.8 Å². The fraction of sp³-hybridized carbons (Fsp3) is 0.542. The number of benzene rings is 2. The second-order valence-corrected chi connectivity index (χ2v) is 15.4. The fourth-order valence-electron chi connectivity index (χ4n) is 7.00. The number of carbonyl (C=O) groups is 2. The molecule has 0 bridgehead atoms. The molecule has 3 atom stereocenters. The van der Waals surface area contributed by atoms with E-state index in [0.29, 0.717) is 70.0 Å². The van der Waals surface area contributed by atoms with Crippen LogP contribution in [-0.4, -0.2) is 93.7 Å². The summed E-state index contributed by atoms with van der Waals surface area (Å²) in [6, 6.07) is 17.4. The van der Waals surface area contributed by atoms with Crippen molar-refractivity contribution in [2.24, 2.45) is 11.8 Å². The lowest BCUT2D eigenvalue weighted by Gasteiger charge is -2.31. The van der Waals surface area contributed by atoms with Gasteiger partial charge in [0.1, 0.15) is 12.1 Å². The highest BCUT2D eigenvalue weighted by Crippen LogP contribution is 2.31. The molecule has 1 aliphatic rings. The van der Waals surface area contributed by atoms with Crippen molar-refractivity contribution in [2.45, 2.75) is 91.0 Å². The number of nitrogens with one attached hydrogen (secondary N) is 2. The Labute approximate surface area is 358 Å². The van der Waals surface area contributed by atoms with Gasteiger partial charge in [0.15, 0.2) is 0 Å². The van der Waals surface area contributed by atoms with Crippen molar-refractivity contribution in [3.8, 4) is 5.75 Å². The Bertz CT molecular complexity index is 1740. The van der Waals surface area contributed by atoms with E-state index in [0.717, 1.165) is 98.5 Å². The van der Waals surface area contributed by atoms with Crippen LogP contribution in [-0.2, 0) is 23.7 Å². The molecular formula is C48H69N5O7. The smallest absolute Gasteiger partial charge is 0.305 e. The van der Waals surface area contributed by atoms with E-state index in [1.54, 1.807) is 12.5 Å². The Morgan fingerprint density at radius 3 is 2.22 bits per heavy atom. The maximum absolute atomic E-state index is 13.4. The number of methoxy groups -OCH3 is 1. The van der Waals surface area contributed by atoms with E-state index in [2.05, 4.69) is 63.3 Å². The van der Waals surface area contributed by atoms with Gasteiger partial charge < -0.3 is 39.2 Å². The van der Waals surface area contributed by atoms with Gasteiger partial charge in [-0.25, -0.2) is 9.97 Å². The summed E-state index contributed by atoms with van der Waals surface area (Å²) in [5.41, 5.74) is 5.62. The summed E-state index contributed by atoms with van der Waals surface area (Å²) in [6.07, 6.45) is 17.5. The van der Waals surface area contributed by atoms with E-state index in [-0.39, 0.29) is 17.9 Å². The maximum atomic E-state index is 13.4. The zero-order chi connectivity index (χ0) is 42.8. The number of carbonyl (C=O) groups excluding carboxylic acids is 2. The fourth-order valence-corrected chi connectivity index (χ4v) is 7.00. The average Bonchev–Trinajstić information content (AvgIpc) is 3.27. The highest BCUT2D eigenvalue weighted by atomic mass is 16.5. The van der Waals surface area contributed by atoms with E-state index in [9.17, 15) is 9.59 Å². The average molecular weight is 828 g/mol. The van der Waals surface area contributed by atoms with Crippen molar-refractivity contribution < 1.29 is 33.3 Å². The Hall–Kier alpha value is -4.78. The number of unbranched alkanes of at least 4 members (excludes halogenated alkanes) is 5. The first-order chi connectivity index (χ1) is 29.3. The molecule has 0 fully saturated rings. The SMILES string of the molecule is CCC1/C=C(/c2ccncn2)N(C)/C(CNc2cccc(C(=O)N[C@H](C)c3ccc(OCCCCCCOCCOCCOCCCCCC(=O)OC)cc3)c2)=C/CC1C. The number of hydrogen-bond donors (Lipinski definition) is 2. The van der Waals surface area contributed by atoms with Gasteiger partial charge >= 0.3 is 5.97 Å². The molecular weight excluding hydrogens is 759 g/mol. The number of ether oxygens (including phenoxy) is 5. The summed E-state index contributed by atoms with van der Waals surface area (Å²) in [4.78, 5) is 35.4. The molecule has 0 spiro atoms. The Morgan fingerprint density at radius 1 is 0.867 bits per heavy atom. The van der Waals surface area contributed by atoms with Gasteiger partial charge in [0, 0.05) is 49.8 Å². The van der Waals surface area contributed by atoms with Crippen LogP contribution >= 0.6 is 0 Å². The lowest BCUT2D eigenvalue weighted by atomic mass is 9.86. The van der Waals surface area contributed by atoms with Crippen molar-refractivity contribution in [1.29, 1.82) is 0 Å².